The van der Waals surface area contributed by atoms with E-state index in [1.807, 2.05) is 19.2 Å². The molecule has 3 heteroatoms. The molecule has 1 fully saturated rings. The Morgan fingerprint density at radius 1 is 1.56 bits per heavy atom. The third kappa shape index (κ3) is 2.53. The van der Waals surface area contributed by atoms with Gasteiger partial charge in [0.2, 0.25) is 0 Å². The van der Waals surface area contributed by atoms with E-state index < -0.39 is 0 Å². The molecule has 2 N–H and O–H groups in total. The van der Waals surface area contributed by atoms with Crippen molar-refractivity contribution in [3.05, 3.63) is 23.9 Å². The minimum Gasteiger partial charge on any atom is -0.359 e. The lowest BCUT2D eigenvalue weighted by molar-refractivity contribution is 0.321. The van der Waals surface area contributed by atoms with Crippen molar-refractivity contribution < 1.29 is 0 Å². The van der Waals surface area contributed by atoms with E-state index in [4.69, 9.17) is 5.73 Å². The zero-order chi connectivity index (χ0) is 11.5. The molecule has 1 aromatic heterocycles. The second kappa shape index (κ2) is 4.83. The van der Waals surface area contributed by atoms with Crippen LogP contribution in [0.15, 0.2) is 18.3 Å². The molecular formula is C13H21N3. The average Bonchev–Trinajstić information content (AvgIpc) is 2.23. The lowest BCUT2D eigenvalue weighted by Gasteiger charge is -2.30. The Bertz CT molecular complexity index is 345. The first kappa shape index (κ1) is 11.4. The van der Waals surface area contributed by atoms with Crippen molar-refractivity contribution in [2.75, 3.05) is 18.5 Å². The first-order valence-electron chi connectivity index (χ1n) is 6.09. The summed E-state index contributed by atoms with van der Waals surface area (Å²) in [4.78, 5) is 6.65. The predicted molar refractivity (Wildman–Crippen MR) is 67.5 cm³/mol. The lowest BCUT2D eigenvalue weighted by Crippen LogP contribution is -2.29. The molecule has 1 aliphatic carbocycles. The number of hydrogen-bond donors (Lipinski definition) is 1. The van der Waals surface area contributed by atoms with E-state index in [1.54, 1.807) is 0 Å². The van der Waals surface area contributed by atoms with Gasteiger partial charge in [-0.1, -0.05) is 6.42 Å². The van der Waals surface area contributed by atoms with E-state index in [1.165, 1.54) is 19.3 Å². The van der Waals surface area contributed by atoms with Crippen molar-refractivity contribution in [1.82, 2.24) is 4.98 Å². The van der Waals surface area contributed by atoms with Crippen LogP contribution in [0.1, 0.15) is 37.8 Å². The quantitative estimate of drug-likeness (QED) is 0.845. The molecule has 0 aromatic carbocycles. The van der Waals surface area contributed by atoms with Gasteiger partial charge in [-0.3, -0.25) is 0 Å². The highest BCUT2D eigenvalue weighted by Crippen LogP contribution is 2.28. The van der Waals surface area contributed by atoms with Crippen molar-refractivity contribution in [1.29, 1.82) is 0 Å². The predicted octanol–water partition coefficient (Wildman–Crippen LogP) is 2.34. The summed E-state index contributed by atoms with van der Waals surface area (Å²) in [6, 6.07) is 4.17. The van der Waals surface area contributed by atoms with E-state index in [0.717, 1.165) is 23.8 Å². The number of hydrogen-bond acceptors (Lipinski definition) is 3. The maximum atomic E-state index is 5.88. The summed E-state index contributed by atoms with van der Waals surface area (Å²) < 4.78 is 0. The van der Waals surface area contributed by atoms with Gasteiger partial charge in [0, 0.05) is 25.8 Å². The van der Waals surface area contributed by atoms with Crippen molar-refractivity contribution in [2.45, 2.75) is 32.2 Å². The van der Waals surface area contributed by atoms with Crippen molar-refractivity contribution >= 4 is 5.82 Å². The first-order valence-corrected chi connectivity index (χ1v) is 6.09. The molecule has 1 saturated carbocycles. The number of anilines is 1. The minimum absolute atomic E-state index is 0.0823. The Balaban J connectivity index is 2.03. The third-order valence-corrected chi connectivity index (χ3v) is 3.44. The molecule has 0 saturated heterocycles. The van der Waals surface area contributed by atoms with Crippen LogP contribution in [0.3, 0.4) is 0 Å². The number of nitrogens with two attached hydrogens (primary N) is 1. The maximum absolute atomic E-state index is 5.88. The third-order valence-electron chi connectivity index (χ3n) is 3.44. The standard InChI is InChI=1S/C13H21N3/c1-10(14)12-6-7-15-13(8-12)16(2)9-11-4-3-5-11/h6-8,10-11H,3-5,9,14H2,1-2H3. The highest BCUT2D eigenvalue weighted by atomic mass is 15.2. The summed E-state index contributed by atoms with van der Waals surface area (Å²) in [5.74, 6) is 1.91. The molecule has 1 atom stereocenters. The molecular weight excluding hydrogens is 198 g/mol. The summed E-state index contributed by atoms with van der Waals surface area (Å²) in [6.45, 7) is 3.13. The van der Waals surface area contributed by atoms with E-state index in [-0.39, 0.29) is 6.04 Å². The molecule has 88 valence electrons. The Kier molecular flexibility index (Phi) is 3.44. The topological polar surface area (TPSA) is 42.1 Å². The van der Waals surface area contributed by atoms with Gasteiger partial charge in [-0.05, 0) is 43.4 Å². The van der Waals surface area contributed by atoms with Gasteiger partial charge in [-0.15, -0.1) is 0 Å². The fraction of sp³-hybridized carbons (Fsp3) is 0.615. The fourth-order valence-corrected chi connectivity index (χ4v) is 2.08. The van der Waals surface area contributed by atoms with Gasteiger partial charge in [-0.2, -0.15) is 0 Å². The van der Waals surface area contributed by atoms with Crippen LogP contribution in [-0.2, 0) is 0 Å². The molecule has 0 bridgehead atoms. The van der Waals surface area contributed by atoms with Gasteiger partial charge in [0.05, 0.1) is 0 Å². The molecule has 0 spiro atoms. The van der Waals surface area contributed by atoms with Gasteiger partial charge in [0.15, 0.2) is 0 Å². The molecule has 1 heterocycles. The van der Waals surface area contributed by atoms with Gasteiger partial charge in [-0.25, -0.2) is 4.98 Å². The summed E-state index contributed by atoms with van der Waals surface area (Å²) in [5.41, 5.74) is 7.03. The van der Waals surface area contributed by atoms with Crippen LogP contribution in [0.2, 0.25) is 0 Å². The fourth-order valence-electron chi connectivity index (χ4n) is 2.08. The van der Waals surface area contributed by atoms with Crippen molar-refractivity contribution in [2.24, 2.45) is 11.7 Å². The molecule has 16 heavy (non-hydrogen) atoms. The second-order valence-electron chi connectivity index (χ2n) is 4.91. The number of rotatable bonds is 4. The van der Waals surface area contributed by atoms with E-state index in [9.17, 15) is 0 Å². The Hall–Kier alpha value is -1.09. The van der Waals surface area contributed by atoms with Crippen LogP contribution in [0.4, 0.5) is 5.82 Å². The van der Waals surface area contributed by atoms with Crippen molar-refractivity contribution in [3.63, 3.8) is 0 Å². The monoisotopic (exact) mass is 219 g/mol. The summed E-state index contributed by atoms with van der Waals surface area (Å²) in [7, 11) is 2.12. The van der Waals surface area contributed by atoms with Crippen LogP contribution < -0.4 is 10.6 Å². The van der Waals surface area contributed by atoms with Gasteiger partial charge in [0.1, 0.15) is 5.82 Å². The zero-order valence-electron chi connectivity index (χ0n) is 10.2. The lowest BCUT2D eigenvalue weighted by atomic mass is 9.85. The zero-order valence-corrected chi connectivity index (χ0v) is 10.2. The Morgan fingerprint density at radius 2 is 2.31 bits per heavy atom. The largest absolute Gasteiger partial charge is 0.359 e. The Morgan fingerprint density at radius 3 is 2.88 bits per heavy atom. The van der Waals surface area contributed by atoms with Crippen LogP contribution >= 0.6 is 0 Å². The van der Waals surface area contributed by atoms with E-state index >= 15 is 0 Å². The number of pyridine rings is 1. The molecule has 0 aliphatic heterocycles. The molecule has 1 aliphatic rings. The highest BCUT2D eigenvalue weighted by molar-refractivity contribution is 5.41. The van der Waals surface area contributed by atoms with Crippen LogP contribution in [0.25, 0.3) is 0 Å². The molecule has 0 amide bonds. The van der Waals surface area contributed by atoms with Crippen LogP contribution in [0.5, 0.6) is 0 Å². The molecule has 2 rings (SSSR count). The Labute approximate surface area is 97.7 Å². The minimum atomic E-state index is 0.0823. The SMILES string of the molecule is CC(N)c1ccnc(N(C)CC2CCC2)c1. The summed E-state index contributed by atoms with van der Waals surface area (Å²) in [6.07, 6.45) is 5.99. The molecule has 3 nitrogen and oxygen atoms in total. The van der Waals surface area contributed by atoms with Crippen LogP contribution in [-0.4, -0.2) is 18.6 Å². The smallest absolute Gasteiger partial charge is 0.128 e. The second-order valence-corrected chi connectivity index (χ2v) is 4.91. The van der Waals surface area contributed by atoms with Crippen LogP contribution in [0, 0.1) is 5.92 Å². The number of aromatic nitrogens is 1. The van der Waals surface area contributed by atoms with Crippen molar-refractivity contribution in [3.8, 4) is 0 Å². The maximum Gasteiger partial charge on any atom is 0.128 e. The van der Waals surface area contributed by atoms with Gasteiger partial charge < -0.3 is 10.6 Å². The van der Waals surface area contributed by atoms with Gasteiger partial charge in [0.25, 0.3) is 0 Å². The molecule has 0 radical (unpaired) electrons. The highest BCUT2D eigenvalue weighted by Gasteiger charge is 2.19. The molecule has 1 aromatic rings. The van der Waals surface area contributed by atoms with Gasteiger partial charge >= 0.3 is 0 Å². The first-order chi connectivity index (χ1) is 7.66. The van der Waals surface area contributed by atoms with E-state index in [0.29, 0.717) is 0 Å². The normalized spacial score (nSPS) is 17.9. The average molecular weight is 219 g/mol. The number of nitrogens with zero attached hydrogens (tertiary/aromatic N) is 2. The summed E-state index contributed by atoms with van der Waals surface area (Å²) >= 11 is 0. The van der Waals surface area contributed by atoms with E-state index in [2.05, 4.69) is 23.0 Å². The molecule has 1 unspecified atom stereocenters. The summed E-state index contributed by atoms with van der Waals surface area (Å²) in [5, 5.41) is 0.